The Hall–Kier alpha value is -3.74. The van der Waals surface area contributed by atoms with Crippen molar-refractivity contribution in [3.63, 3.8) is 0 Å². The van der Waals surface area contributed by atoms with E-state index in [4.69, 9.17) is 9.47 Å². The summed E-state index contributed by atoms with van der Waals surface area (Å²) in [6.45, 7) is 6.17. The minimum absolute atomic E-state index is 0.00468. The lowest BCUT2D eigenvalue weighted by Gasteiger charge is -2.40. The lowest BCUT2D eigenvalue weighted by Crippen LogP contribution is -2.49. The van der Waals surface area contributed by atoms with E-state index in [9.17, 15) is 14.4 Å². The molecule has 0 bridgehead atoms. The smallest absolute Gasteiger partial charge is 0.340 e. The third-order valence-corrected chi connectivity index (χ3v) is 6.83. The van der Waals surface area contributed by atoms with Crippen molar-refractivity contribution in [2.24, 2.45) is 0 Å². The molecule has 0 spiro atoms. The molecule has 1 fully saturated rings. The van der Waals surface area contributed by atoms with Crippen molar-refractivity contribution in [1.82, 2.24) is 9.88 Å². The molecule has 1 saturated heterocycles. The van der Waals surface area contributed by atoms with E-state index in [1.165, 1.54) is 0 Å². The van der Waals surface area contributed by atoms with Crippen molar-refractivity contribution < 1.29 is 23.9 Å². The molecule has 0 N–H and O–H groups in total. The number of benzene rings is 2. The Kier molecular flexibility index (Phi) is 7.15. The topological polar surface area (TPSA) is 85.8 Å². The van der Waals surface area contributed by atoms with Crippen LogP contribution in [0.5, 0.6) is 0 Å². The first-order chi connectivity index (χ1) is 16.9. The highest BCUT2D eigenvalue weighted by atomic mass is 16.5. The van der Waals surface area contributed by atoms with E-state index in [1.54, 1.807) is 18.7 Å². The van der Waals surface area contributed by atoms with E-state index in [1.807, 2.05) is 61.5 Å². The van der Waals surface area contributed by atoms with E-state index in [0.717, 1.165) is 22.0 Å². The van der Waals surface area contributed by atoms with Crippen LogP contribution in [-0.2, 0) is 31.1 Å². The number of likely N-dealkylation sites (tertiary alicyclic amines) is 1. The molecule has 7 heteroatoms. The van der Waals surface area contributed by atoms with Gasteiger partial charge in [0.2, 0.25) is 5.91 Å². The number of nitrogens with zero attached hydrogens (tertiary/aromatic N) is 2. The SMILES string of the molecule is CCOC(=O)c1c(COC(=O)C2(c3ccccc3)CCN(C(C)=O)CC2)nc2ccccc2c1C. The van der Waals surface area contributed by atoms with Gasteiger partial charge in [0, 0.05) is 25.4 Å². The predicted molar refractivity (Wildman–Crippen MR) is 132 cm³/mol. The maximum Gasteiger partial charge on any atom is 0.340 e. The van der Waals surface area contributed by atoms with Crippen LogP contribution in [0, 0.1) is 6.92 Å². The average Bonchev–Trinajstić information content (AvgIpc) is 2.88. The molecule has 2 heterocycles. The molecule has 0 saturated carbocycles. The summed E-state index contributed by atoms with van der Waals surface area (Å²) in [5, 5.41) is 0.850. The Morgan fingerprint density at radius 2 is 1.63 bits per heavy atom. The number of esters is 2. The van der Waals surface area contributed by atoms with E-state index in [0.29, 0.717) is 37.2 Å². The van der Waals surface area contributed by atoms with Gasteiger partial charge in [-0.15, -0.1) is 0 Å². The summed E-state index contributed by atoms with van der Waals surface area (Å²) < 4.78 is 11.2. The summed E-state index contributed by atoms with van der Waals surface area (Å²) in [5.74, 6) is -0.869. The van der Waals surface area contributed by atoms with Gasteiger partial charge in [-0.1, -0.05) is 48.5 Å². The second kappa shape index (κ2) is 10.3. The first-order valence-electron chi connectivity index (χ1n) is 11.9. The number of carbonyl (C=O) groups is 3. The number of piperidine rings is 1. The van der Waals surface area contributed by atoms with Gasteiger partial charge < -0.3 is 14.4 Å². The number of hydrogen-bond donors (Lipinski definition) is 0. The number of para-hydroxylation sites is 1. The molecule has 1 aromatic heterocycles. The van der Waals surface area contributed by atoms with E-state index in [2.05, 4.69) is 4.98 Å². The van der Waals surface area contributed by atoms with Gasteiger partial charge in [0.25, 0.3) is 0 Å². The summed E-state index contributed by atoms with van der Waals surface area (Å²) in [5.41, 5.74) is 2.16. The molecule has 0 aliphatic carbocycles. The normalized spacial score (nSPS) is 15.0. The quantitative estimate of drug-likeness (QED) is 0.494. The fourth-order valence-electron chi connectivity index (χ4n) is 4.86. The summed E-state index contributed by atoms with van der Waals surface area (Å²) in [4.78, 5) is 44.8. The lowest BCUT2D eigenvalue weighted by atomic mass is 9.72. The number of aryl methyl sites for hydroxylation is 1. The monoisotopic (exact) mass is 474 g/mol. The van der Waals surface area contributed by atoms with Crippen LogP contribution < -0.4 is 0 Å². The summed E-state index contributed by atoms with van der Waals surface area (Å²) >= 11 is 0. The molecular formula is C28H30N2O5. The number of amides is 1. The minimum Gasteiger partial charge on any atom is -0.462 e. The van der Waals surface area contributed by atoms with Crippen LogP contribution in [-0.4, -0.2) is 47.4 Å². The number of fused-ring (bicyclic) bond motifs is 1. The second-order valence-electron chi connectivity index (χ2n) is 8.83. The van der Waals surface area contributed by atoms with Crippen molar-refractivity contribution in [2.45, 2.75) is 45.6 Å². The molecule has 1 amide bonds. The van der Waals surface area contributed by atoms with E-state index in [-0.39, 0.29) is 25.1 Å². The zero-order valence-electron chi connectivity index (χ0n) is 20.4. The van der Waals surface area contributed by atoms with Gasteiger partial charge in [0.05, 0.1) is 28.8 Å². The van der Waals surface area contributed by atoms with Crippen LogP contribution in [0.15, 0.2) is 54.6 Å². The highest BCUT2D eigenvalue weighted by molar-refractivity contribution is 5.98. The van der Waals surface area contributed by atoms with Gasteiger partial charge in [-0.2, -0.15) is 0 Å². The third kappa shape index (κ3) is 4.76. The van der Waals surface area contributed by atoms with Crippen LogP contribution in [0.3, 0.4) is 0 Å². The van der Waals surface area contributed by atoms with Gasteiger partial charge >= 0.3 is 11.9 Å². The van der Waals surface area contributed by atoms with Gasteiger partial charge in [0.15, 0.2) is 0 Å². The highest BCUT2D eigenvalue weighted by Crippen LogP contribution is 2.37. The van der Waals surface area contributed by atoms with Crippen LogP contribution in [0.2, 0.25) is 0 Å². The van der Waals surface area contributed by atoms with Crippen molar-refractivity contribution in [2.75, 3.05) is 19.7 Å². The molecule has 0 atom stereocenters. The van der Waals surface area contributed by atoms with Crippen molar-refractivity contribution in [3.05, 3.63) is 77.0 Å². The molecule has 3 aromatic rings. The van der Waals surface area contributed by atoms with E-state index >= 15 is 0 Å². The van der Waals surface area contributed by atoms with Crippen LogP contribution >= 0.6 is 0 Å². The fraction of sp³-hybridized carbons (Fsp3) is 0.357. The molecule has 7 nitrogen and oxygen atoms in total. The fourth-order valence-corrected chi connectivity index (χ4v) is 4.86. The standard InChI is InChI=1S/C28H30N2O5/c1-4-34-26(32)25-19(2)22-12-8-9-13-23(22)29-24(25)18-35-27(33)28(21-10-6-5-7-11-21)14-16-30(17-15-28)20(3)31/h5-13H,4,14-18H2,1-3H3. The van der Waals surface area contributed by atoms with Gasteiger partial charge in [-0.25, -0.2) is 9.78 Å². The maximum atomic E-state index is 13.7. The summed E-state index contributed by atoms with van der Waals surface area (Å²) in [7, 11) is 0. The molecule has 35 heavy (non-hydrogen) atoms. The predicted octanol–water partition coefficient (Wildman–Crippen LogP) is 4.34. The Bertz CT molecular complexity index is 1250. The molecule has 182 valence electrons. The van der Waals surface area contributed by atoms with Gasteiger partial charge in [-0.3, -0.25) is 9.59 Å². The molecule has 4 rings (SSSR count). The average molecular weight is 475 g/mol. The molecular weight excluding hydrogens is 444 g/mol. The highest BCUT2D eigenvalue weighted by Gasteiger charge is 2.45. The van der Waals surface area contributed by atoms with Crippen LogP contribution in [0.4, 0.5) is 0 Å². The van der Waals surface area contributed by atoms with Crippen molar-refractivity contribution >= 4 is 28.7 Å². The van der Waals surface area contributed by atoms with Crippen LogP contribution in [0.1, 0.15) is 53.9 Å². The number of hydrogen-bond acceptors (Lipinski definition) is 6. The Labute approximate surface area is 205 Å². The van der Waals surface area contributed by atoms with Crippen molar-refractivity contribution in [3.8, 4) is 0 Å². The lowest BCUT2D eigenvalue weighted by molar-refractivity contribution is -0.155. The van der Waals surface area contributed by atoms with Gasteiger partial charge in [-0.05, 0) is 43.9 Å². The Morgan fingerprint density at radius 1 is 0.971 bits per heavy atom. The Morgan fingerprint density at radius 3 is 2.29 bits per heavy atom. The second-order valence-corrected chi connectivity index (χ2v) is 8.83. The molecule has 0 radical (unpaired) electrons. The number of rotatable bonds is 6. The van der Waals surface area contributed by atoms with Crippen molar-refractivity contribution in [1.29, 1.82) is 0 Å². The minimum atomic E-state index is -0.872. The Balaban J connectivity index is 1.66. The zero-order valence-corrected chi connectivity index (χ0v) is 20.4. The number of pyridine rings is 1. The van der Waals surface area contributed by atoms with Crippen LogP contribution in [0.25, 0.3) is 10.9 Å². The van der Waals surface area contributed by atoms with Gasteiger partial charge in [0.1, 0.15) is 6.61 Å². The number of aromatic nitrogens is 1. The first-order valence-corrected chi connectivity index (χ1v) is 11.9. The molecule has 0 unspecified atom stereocenters. The molecule has 1 aliphatic heterocycles. The largest absolute Gasteiger partial charge is 0.462 e. The molecule has 2 aromatic carbocycles. The summed E-state index contributed by atoms with van der Waals surface area (Å²) in [6.07, 6.45) is 0.925. The molecule has 1 aliphatic rings. The zero-order chi connectivity index (χ0) is 25.0. The summed E-state index contributed by atoms with van der Waals surface area (Å²) in [6, 6.07) is 17.1. The number of carbonyl (C=O) groups excluding carboxylic acids is 3. The first kappa shape index (κ1) is 24.4. The van der Waals surface area contributed by atoms with E-state index < -0.39 is 11.4 Å². The maximum absolute atomic E-state index is 13.7. The number of ether oxygens (including phenoxy) is 2. The third-order valence-electron chi connectivity index (χ3n) is 6.83.